The second-order valence-corrected chi connectivity index (χ2v) is 5.56. The summed E-state index contributed by atoms with van der Waals surface area (Å²) < 4.78 is 0. The fourth-order valence-corrected chi connectivity index (χ4v) is 2.24. The molecule has 0 radical (unpaired) electrons. The molecule has 1 aromatic rings. The van der Waals surface area contributed by atoms with Gasteiger partial charge in [-0.25, -0.2) is 0 Å². The second kappa shape index (κ2) is 6.70. The highest BCUT2D eigenvalue weighted by molar-refractivity contribution is 7.99. The van der Waals surface area contributed by atoms with Crippen LogP contribution in [-0.4, -0.2) is 29.6 Å². The molecule has 1 amide bonds. The fraction of sp³-hybridized carbons (Fsp3) is 0.500. The Labute approximate surface area is 108 Å². The number of hydrogen-bond acceptors (Lipinski definition) is 2. The van der Waals surface area contributed by atoms with Gasteiger partial charge in [-0.3, -0.25) is 4.79 Å². The standard InChI is InChI=1S/C14H21NOS/c1-11(2)15(4)14(16)10-17-9-13-7-5-12(3)6-8-13/h5-8,11H,9-10H2,1-4H3. The lowest BCUT2D eigenvalue weighted by atomic mass is 10.2. The molecule has 0 saturated carbocycles. The normalized spacial score (nSPS) is 10.6. The SMILES string of the molecule is Cc1ccc(CSCC(=O)N(C)C(C)C)cc1. The zero-order chi connectivity index (χ0) is 12.8. The number of thioether (sulfide) groups is 1. The van der Waals surface area contributed by atoms with Crippen molar-refractivity contribution in [2.24, 2.45) is 0 Å². The average molecular weight is 251 g/mol. The van der Waals surface area contributed by atoms with E-state index in [-0.39, 0.29) is 11.9 Å². The number of carbonyl (C=O) groups is 1. The Bertz CT molecular complexity index is 359. The maximum Gasteiger partial charge on any atom is 0.232 e. The van der Waals surface area contributed by atoms with Crippen LogP contribution in [0.3, 0.4) is 0 Å². The van der Waals surface area contributed by atoms with Gasteiger partial charge >= 0.3 is 0 Å². The molecule has 0 aliphatic carbocycles. The van der Waals surface area contributed by atoms with Crippen LogP contribution in [0.25, 0.3) is 0 Å². The van der Waals surface area contributed by atoms with E-state index >= 15 is 0 Å². The molecule has 0 aromatic heterocycles. The predicted molar refractivity (Wildman–Crippen MR) is 75.2 cm³/mol. The highest BCUT2D eigenvalue weighted by Gasteiger charge is 2.11. The Morgan fingerprint density at radius 1 is 1.29 bits per heavy atom. The summed E-state index contributed by atoms with van der Waals surface area (Å²) in [5, 5.41) is 0. The molecule has 1 aromatic carbocycles. The van der Waals surface area contributed by atoms with Crippen molar-refractivity contribution < 1.29 is 4.79 Å². The van der Waals surface area contributed by atoms with Crippen molar-refractivity contribution in [3.05, 3.63) is 35.4 Å². The van der Waals surface area contributed by atoms with Gasteiger partial charge < -0.3 is 4.90 Å². The van der Waals surface area contributed by atoms with Crippen LogP contribution in [0.15, 0.2) is 24.3 Å². The van der Waals surface area contributed by atoms with Gasteiger partial charge in [0.2, 0.25) is 5.91 Å². The van der Waals surface area contributed by atoms with Gasteiger partial charge in [0.15, 0.2) is 0 Å². The molecule has 0 atom stereocenters. The van der Waals surface area contributed by atoms with E-state index in [1.54, 1.807) is 16.7 Å². The summed E-state index contributed by atoms with van der Waals surface area (Å²) >= 11 is 1.67. The van der Waals surface area contributed by atoms with E-state index in [2.05, 4.69) is 31.2 Å². The summed E-state index contributed by atoms with van der Waals surface area (Å²) in [5.74, 6) is 1.66. The maximum absolute atomic E-state index is 11.7. The molecule has 1 rings (SSSR count). The molecule has 0 fully saturated rings. The van der Waals surface area contributed by atoms with Crippen LogP contribution in [0.4, 0.5) is 0 Å². The lowest BCUT2D eigenvalue weighted by molar-refractivity contribution is -0.128. The summed E-state index contributed by atoms with van der Waals surface area (Å²) in [4.78, 5) is 13.5. The molecule has 0 bridgehead atoms. The summed E-state index contributed by atoms with van der Waals surface area (Å²) in [7, 11) is 1.86. The molecule has 0 heterocycles. The van der Waals surface area contributed by atoms with Gasteiger partial charge in [0.1, 0.15) is 0 Å². The minimum Gasteiger partial charge on any atom is -0.343 e. The Morgan fingerprint density at radius 3 is 2.41 bits per heavy atom. The molecular weight excluding hydrogens is 230 g/mol. The van der Waals surface area contributed by atoms with Crippen molar-refractivity contribution in [2.45, 2.75) is 32.6 Å². The van der Waals surface area contributed by atoms with Gasteiger partial charge in [-0.2, -0.15) is 0 Å². The largest absolute Gasteiger partial charge is 0.343 e. The number of hydrogen-bond donors (Lipinski definition) is 0. The number of rotatable bonds is 5. The van der Waals surface area contributed by atoms with E-state index < -0.39 is 0 Å². The Kier molecular flexibility index (Phi) is 5.56. The van der Waals surface area contributed by atoms with Crippen LogP contribution in [0.2, 0.25) is 0 Å². The number of aryl methyl sites for hydroxylation is 1. The van der Waals surface area contributed by atoms with Crippen LogP contribution >= 0.6 is 11.8 Å². The second-order valence-electron chi connectivity index (χ2n) is 4.58. The van der Waals surface area contributed by atoms with Gasteiger partial charge in [-0.05, 0) is 26.3 Å². The smallest absolute Gasteiger partial charge is 0.232 e. The lowest BCUT2D eigenvalue weighted by Crippen LogP contribution is -2.34. The molecule has 17 heavy (non-hydrogen) atoms. The molecule has 2 nitrogen and oxygen atoms in total. The zero-order valence-electron chi connectivity index (χ0n) is 11.1. The first-order valence-corrected chi connectivity index (χ1v) is 7.05. The van der Waals surface area contributed by atoms with E-state index in [4.69, 9.17) is 0 Å². The lowest BCUT2D eigenvalue weighted by Gasteiger charge is -2.21. The van der Waals surface area contributed by atoms with E-state index in [9.17, 15) is 4.79 Å². The minimum absolute atomic E-state index is 0.206. The first kappa shape index (κ1) is 14.1. The van der Waals surface area contributed by atoms with Gasteiger partial charge in [-0.15, -0.1) is 11.8 Å². The van der Waals surface area contributed by atoms with Crippen molar-refractivity contribution in [2.75, 3.05) is 12.8 Å². The first-order chi connectivity index (χ1) is 8.00. The van der Waals surface area contributed by atoms with E-state index in [1.165, 1.54) is 11.1 Å². The van der Waals surface area contributed by atoms with Crippen LogP contribution in [0.5, 0.6) is 0 Å². The van der Waals surface area contributed by atoms with Gasteiger partial charge in [0.05, 0.1) is 5.75 Å². The van der Waals surface area contributed by atoms with Gasteiger partial charge in [-0.1, -0.05) is 29.8 Å². The minimum atomic E-state index is 0.206. The van der Waals surface area contributed by atoms with Crippen molar-refractivity contribution in [3.8, 4) is 0 Å². The van der Waals surface area contributed by atoms with E-state index in [0.717, 1.165) is 5.75 Å². The molecule has 0 spiro atoms. The van der Waals surface area contributed by atoms with Crippen molar-refractivity contribution in [3.63, 3.8) is 0 Å². The number of nitrogens with zero attached hydrogens (tertiary/aromatic N) is 1. The highest BCUT2D eigenvalue weighted by atomic mass is 32.2. The summed E-state index contributed by atoms with van der Waals surface area (Å²) in [5.41, 5.74) is 2.55. The summed E-state index contributed by atoms with van der Waals surface area (Å²) in [6.07, 6.45) is 0. The molecule has 0 unspecified atom stereocenters. The van der Waals surface area contributed by atoms with Crippen molar-refractivity contribution in [1.29, 1.82) is 0 Å². The number of amides is 1. The average Bonchev–Trinajstić information content (AvgIpc) is 2.30. The fourth-order valence-electron chi connectivity index (χ4n) is 1.33. The molecule has 0 N–H and O–H groups in total. The molecule has 0 aliphatic rings. The molecule has 3 heteroatoms. The van der Waals surface area contributed by atoms with Crippen molar-refractivity contribution in [1.82, 2.24) is 4.90 Å². The van der Waals surface area contributed by atoms with E-state index in [1.807, 2.05) is 20.9 Å². The van der Waals surface area contributed by atoms with Crippen molar-refractivity contribution >= 4 is 17.7 Å². The first-order valence-electron chi connectivity index (χ1n) is 5.89. The Morgan fingerprint density at radius 2 is 1.88 bits per heavy atom. The number of benzene rings is 1. The van der Waals surface area contributed by atoms with Gasteiger partial charge in [0.25, 0.3) is 0 Å². The number of carbonyl (C=O) groups excluding carboxylic acids is 1. The monoisotopic (exact) mass is 251 g/mol. The molecule has 94 valence electrons. The summed E-state index contributed by atoms with van der Waals surface area (Å²) in [6.45, 7) is 6.14. The highest BCUT2D eigenvalue weighted by Crippen LogP contribution is 2.13. The Hall–Kier alpha value is -0.960. The Balaban J connectivity index is 2.33. The quantitative estimate of drug-likeness (QED) is 0.801. The van der Waals surface area contributed by atoms with Crippen LogP contribution in [0.1, 0.15) is 25.0 Å². The third-order valence-electron chi connectivity index (χ3n) is 2.78. The molecular formula is C14H21NOS. The van der Waals surface area contributed by atoms with Gasteiger partial charge in [0, 0.05) is 18.8 Å². The summed E-state index contributed by atoms with van der Waals surface area (Å²) in [6, 6.07) is 8.75. The van der Waals surface area contributed by atoms with E-state index in [0.29, 0.717) is 5.75 Å². The third-order valence-corrected chi connectivity index (χ3v) is 3.77. The molecule has 0 saturated heterocycles. The molecule has 0 aliphatic heterocycles. The topological polar surface area (TPSA) is 20.3 Å². The maximum atomic E-state index is 11.7. The van der Waals surface area contributed by atoms with Crippen LogP contribution < -0.4 is 0 Å². The van der Waals surface area contributed by atoms with Crippen LogP contribution in [0, 0.1) is 6.92 Å². The predicted octanol–water partition coefficient (Wildman–Crippen LogP) is 3.10. The zero-order valence-corrected chi connectivity index (χ0v) is 11.9. The third kappa shape index (κ3) is 4.82. The van der Waals surface area contributed by atoms with Crippen LogP contribution in [-0.2, 0) is 10.5 Å².